The largest absolute Gasteiger partial charge is 0.354 e. The Morgan fingerprint density at radius 1 is 1.47 bits per heavy atom. The maximum absolute atomic E-state index is 11.2. The highest BCUT2D eigenvalue weighted by molar-refractivity contribution is 5.92. The van der Waals surface area contributed by atoms with Crippen molar-refractivity contribution in [1.82, 2.24) is 15.6 Å². The number of pyridine rings is 1. The Morgan fingerprint density at radius 2 is 2.20 bits per heavy atom. The van der Waals surface area contributed by atoms with E-state index in [9.17, 15) is 9.59 Å². The predicted octanol–water partition coefficient (Wildman–Crippen LogP) is 0.0773. The van der Waals surface area contributed by atoms with E-state index in [-0.39, 0.29) is 11.8 Å². The van der Waals surface area contributed by atoms with Gasteiger partial charge in [0.05, 0.1) is 0 Å². The standard InChI is InChI=1S/C10H13N3O2/c1-7(14)13-6-8-3-4-12-9(5-8)10(15)11-2/h3-5H,6H2,1-2H3,(H,11,15)(H,13,14). The molecule has 0 saturated heterocycles. The zero-order valence-electron chi connectivity index (χ0n) is 8.70. The number of nitrogens with zero attached hydrogens (tertiary/aromatic N) is 1. The molecule has 1 aromatic rings. The van der Waals surface area contributed by atoms with Crippen LogP contribution in [-0.2, 0) is 11.3 Å². The van der Waals surface area contributed by atoms with Crippen LogP contribution in [0.3, 0.4) is 0 Å². The molecule has 0 fully saturated rings. The summed E-state index contributed by atoms with van der Waals surface area (Å²) in [7, 11) is 1.55. The number of rotatable bonds is 3. The van der Waals surface area contributed by atoms with E-state index in [1.807, 2.05) is 0 Å². The highest BCUT2D eigenvalue weighted by atomic mass is 16.2. The summed E-state index contributed by atoms with van der Waals surface area (Å²) in [5.74, 6) is -0.340. The number of aromatic nitrogens is 1. The molecular formula is C10H13N3O2. The van der Waals surface area contributed by atoms with Gasteiger partial charge in [0, 0.05) is 26.7 Å². The minimum absolute atomic E-state index is 0.103. The molecule has 1 heterocycles. The van der Waals surface area contributed by atoms with Gasteiger partial charge in [-0.2, -0.15) is 0 Å². The first kappa shape index (κ1) is 11.2. The number of hydrogen-bond donors (Lipinski definition) is 2. The summed E-state index contributed by atoms with van der Waals surface area (Å²) in [5.41, 5.74) is 1.19. The van der Waals surface area contributed by atoms with Crippen LogP contribution in [0.15, 0.2) is 18.3 Å². The Morgan fingerprint density at radius 3 is 2.80 bits per heavy atom. The second-order valence-corrected chi connectivity index (χ2v) is 3.04. The van der Waals surface area contributed by atoms with Gasteiger partial charge in [-0.1, -0.05) is 0 Å². The zero-order chi connectivity index (χ0) is 11.3. The lowest BCUT2D eigenvalue weighted by Crippen LogP contribution is -2.21. The van der Waals surface area contributed by atoms with E-state index in [1.165, 1.54) is 6.92 Å². The van der Waals surface area contributed by atoms with E-state index in [0.29, 0.717) is 12.2 Å². The quantitative estimate of drug-likeness (QED) is 0.737. The maximum Gasteiger partial charge on any atom is 0.269 e. The van der Waals surface area contributed by atoms with Crippen LogP contribution in [0.4, 0.5) is 0 Å². The van der Waals surface area contributed by atoms with Crippen LogP contribution in [0.2, 0.25) is 0 Å². The van der Waals surface area contributed by atoms with Crippen molar-refractivity contribution in [2.45, 2.75) is 13.5 Å². The lowest BCUT2D eigenvalue weighted by atomic mass is 10.2. The predicted molar refractivity (Wildman–Crippen MR) is 55.1 cm³/mol. The van der Waals surface area contributed by atoms with Crippen LogP contribution in [0, 0.1) is 0 Å². The normalized spacial score (nSPS) is 9.47. The smallest absolute Gasteiger partial charge is 0.269 e. The molecule has 0 aliphatic carbocycles. The molecule has 0 aliphatic rings. The molecule has 5 heteroatoms. The van der Waals surface area contributed by atoms with E-state index in [0.717, 1.165) is 5.56 Å². The van der Waals surface area contributed by atoms with Crippen LogP contribution >= 0.6 is 0 Å². The number of carbonyl (C=O) groups excluding carboxylic acids is 2. The van der Waals surface area contributed by atoms with Crippen molar-refractivity contribution in [2.75, 3.05) is 7.05 Å². The highest BCUT2D eigenvalue weighted by Crippen LogP contribution is 2.01. The third-order valence-electron chi connectivity index (χ3n) is 1.83. The number of nitrogens with one attached hydrogen (secondary N) is 2. The first-order valence-corrected chi connectivity index (χ1v) is 4.55. The second-order valence-electron chi connectivity index (χ2n) is 3.04. The molecular weight excluding hydrogens is 194 g/mol. The Hall–Kier alpha value is -1.91. The van der Waals surface area contributed by atoms with Crippen molar-refractivity contribution in [2.24, 2.45) is 0 Å². The molecule has 1 aromatic heterocycles. The first-order chi connectivity index (χ1) is 7.13. The molecule has 2 N–H and O–H groups in total. The average Bonchev–Trinajstić information content (AvgIpc) is 2.25. The Balaban J connectivity index is 2.74. The second kappa shape index (κ2) is 5.09. The average molecular weight is 207 g/mol. The minimum atomic E-state index is -0.236. The van der Waals surface area contributed by atoms with Crippen molar-refractivity contribution < 1.29 is 9.59 Å². The third kappa shape index (κ3) is 3.38. The molecule has 0 atom stereocenters. The topological polar surface area (TPSA) is 71.1 Å². The molecule has 80 valence electrons. The van der Waals surface area contributed by atoms with Gasteiger partial charge in [-0.05, 0) is 17.7 Å². The van der Waals surface area contributed by atoms with Crippen molar-refractivity contribution >= 4 is 11.8 Å². The summed E-state index contributed by atoms with van der Waals surface area (Å²) in [6.45, 7) is 1.85. The number of amides is 2. The van der Waals surface area contributed by atoms with E-state index in [1.54, 1.807) is 25.4 Å². The molecule has 0 spiro atoms. The number of carbonyl (C=O) groups is 2. The van der Waals surface area contributed by atoms with Crippen LogP contribution in [0.5, 0.6) is 0 Å². The van der Waals surface area contributed by atoms with Gasteiger partial charge in [0.2, 0.25) is 5.91 Å². The van der Waals surface area contributed by atoms with E-state index >= 15 is 0 Å². The van der Waals surface area contributed by atoms with Crippen molar-refractivity contribution in [3.8, 4) is 0 Å². The molecule has 0 radical (unpaired) electrons. The van der Waals surface area contributed by atoms with Gasteiger partial charge in [-0.3, -0.25) is 14.6 Å². The summed E-state index contributed by atoms with van der Waals surface area (Å²) in [5, 5.41) is 5.13. The Kier molecular flexibility index (Phi) is 3.79. The van der Waals surface area contributed by atoms with Gasteiger partial charge in [-0.25, -0.2) is 0 Å². The molecule has 15 heavy (non-hydrogen) atoms. The molecule has 0 unspecified atom stereocenters. The fourth-order valence-electron chi connectivity index (χ4n) is 1.06. The number of hydrogen-bond acceptors (Lipinski definition) is 3. The van der Waals surface area contributed by atoms with E-state index in [4.69, 9.17) is 0 Å². The van der Waals surface area contributed by atoms with Crippen LogP contribution in [0.25, 0.3) is 0 Å². The Labute approximate surface area is 87.9 Å². The fourth-order valence-corrected chi connectivity index (χ4v) is 1.06. The fraction of sp³-hybridized carbons (Fsp3) is 0.300. The SMILES string of the molecule is CNC(=O)c1cc(CNC(C)=O)ccn1. The summed E-state index contributed by atoms with van der Waals surface area (Å²) < 4.78 is 0. The summed E-state index contributed by atoms with van der Waals surface area (Å²) >= 11 is 0. The maximum atomic E-state index is 11.2. The van der Waals surface area contributed by atoms with E-state index in [2.05, 4.69) is 15.6 Å². The lowest BCUT2D eigenvalue weighted by molar-refractivity contribution is -0.119. The third-order valence-corrected chi connectivity index (χ3v) is 1.83. The summed E-state index contributed by atoms with van der Waals surface area (Å²) in [4.78, 5) is 25.8. The molecule has 0 saturated carbocycles. The van der Waals surface area contributed by atoms with Crippen LogP contribution < -0.4 is 10.6 Å². The monoisotopic (exact) mass is 207 g/mol. The Bertz CT molecular complexity index is 377. The van der Waals surface area contributed by atoms with E-state index < -0.39 is 0 Å². The minimum Gasteiger partial charge on any atom is -0.354 e. The molecule has 1 rings (SSSR count). The van der Waals surface area contributed by atoms with Gasteiger partial charge in [-0.15, -0.1) is 0 Å². The highest BCUT2D eigenvalue weighted by Gasteiger charge is 2.05. The van der Waals surface area contributed by atoms with Gasteiger partial charge in [0.25, 0.3) is 5.91 Å². The molecule has 5 nitrogen and oxygen atoms in total. The molecule has 0 aromatic carbocycles. The van der Waals surface area contributed by atoms with Crippen LogP contribution in [0.1, 0.15) is 23.0 Å². The molecule has 2 amide bonds. The van der Waals surface area contributed by atoms with Crippen LogP contribution in [-0.4, -0.2) is 23.8 Å². The zero-order valence-corrected chi connectivity index (χ0v) is 8.70. The van der Waals surface area contributed by atoms with Gasteiger partial charge in [0.1, 0.15) is 5.69 Å². The summed E-state index contributed by atoms with van der Waals surface area (Å²) in [6.07, 6.45) is 1.54. The first-order valence-electron chi connectivity index (χ1n) is 4.55. The molecule has 0 bridgehead atoms. The summed E-state index contributed by atoms with van der Waals surface area (Å²) in [6, 6.07) is 3.40. The van der Waals surface area contributed by atoms with Crippen molar-refractivity contribution in [3.05, 3.63) is 29.6 Å². The van der Waals surface area contributed by atoms with Gasteiger partial charge in [0.15, 0.2) is 0 Å². The van der Waals surface area contributed by atoms with Gasteiger partial charge >= 0.3 is 0 Å². The molecule has 0 aliphatic heterocycles. The van der Waals surface area contributed by atoms with Gasteiger partial charge < -0.3 is 10.6 Å². The lowest BCUT2D eigenvalue weighted by Gasteiger charge is -2.04. The van der Waals surface area contributed by atoms with Crippen molar-refractivity contribution in [1.29, 1.82) is 0 Å². The van der Waals surface area contributed by atoms with Crippen molar-refractivity contribution in [3.63, 3.8) is 0 Å².